The quantitative estimate of drug-likeness (QED) is 0.729. The van der Waals surface area contributed by atoms with Gasteiger partial charge in [-0.3, -0.25) is 4.79 Å². The Kier molecular flexibility index (Phi) is 7.10. The van der Waals surface area contributed by atoms with E-state index >= 15 is 0 Å². The average Bonchev–Trinajstić information content (AvgIpc) is 2.62. The van der Waals surface area contributed by atoms with Gasteiger partial charge in [-0.1, -0.05) is 13.3 Å². The summed E-state index contributed by atoms with van der Waals surface area (Å²) in [4.78, 5) is 25.7. The molecule has 0 unspecified atom stereocenters. The predicted octanol–water partition coefficient (Wildman–Crippen LogP) is 3.34. The molecule has 0 aromatic heterocycles. The standard InChI is InChI=1S/C19H27NO5/c1-3-5-12-25-16-10-9-14(13-17(16)24-4-2)18(21)20-11-7-6-8-15(20)19(22)23/h9-10,13,15H,3-8,11-12H2,1-2H3,(H,22,23)/t15-/m1/s1. The van der Waals surface area contributed by atoms with E-state index in [0.717, 1.165) is 25.7 Å². The summed E-state index contributed by atoms with van der Waals surface area (Å²) in [5.41, 5.74) is 0.430. The third-order valence-corrected chi connectivity index (χ3v) is 4.29. The van der Waals surface area contributed by atoms with Gasteiger partial charge in [0, 0.05) is 12.1 Å². The summed E-state index contributed by atoms with van der Waals surface area (Å²) in [5, 5.41) is 9.37. The smallest absolute Gasteiger partial charge is 0.326 e. The summed E-state index contributed by atoms with van der Waals surface area (Å²) in [7, 11) is 0. The lowest BCUT2D eigenvalue weighted by Gasteiger charge is -2.33. The van der Waals surface area contributed by atoms with Crippen LogP contribution in [0.2, 0.25) is 0 Å². The summed E-state index contributed by atoms with van der Waals surface area (Å²) in [6, 6.07) is 4.31. The Hall–Kier alpha value is -2.24. The van der Waals surface area contributed by atoms with E-state index in [0.29, 0.717) is 43.2 Å². The number of likely N-dealkylation sites (tertiary alicyclic amines) is 1. The number of piperidine rings is 1. The van der Waals surface area contributed by atoms with Crippen molar-refractivity contribution in [2.45, 2.75) is 52.0 Å². The van der Waals surface area contributed by atoms with Crippen molar-refractivity contribution < 1.29 is 24.2 Å². The Morgan fingerprint density at radius 2 is 2.00 bits per heavy atom. The molecule has 1 aromatic carbocycles. The van der Waals surface area contributed by atoms with E-state index in [-0.39, 0.29) is 5.91 Å². The Bertz CT molecular complexity index is 601. The van der Waals surface area contributed by atoms with Crippen molar-refractivity contribution in [1.82, 2.24) is 4.90 Å². The van der Waals surface area contributed by atoms with Crippen molar-refractivity contribution in [3.8, 4) is 11.5 Å². The lowest BCUT2D eigenvalue weighted by Crippen LogP contribution is -2.47. The number of hydrogen-bond acceptors (Lipinski definition) is 4. The number of amides is 1. The molecule has 1 aliphatic heterocycles. The van der Waals surface area contributed by atoms with E-state index in [1.165, 1.54) is 4.90 Å². The van der Waals surface area contributed by atoms with Gasteiger partial charge in [0.25, 0.3) is 5.91 Å². The summed E-state index contributed by atoms with van der Waals surface area (Å²) in [6.45, 7) is 5.48. The second-order valence-corrected chi connectivity index (χ2v) is 6.14. The summed E-state index contributed by atoms with van der Waals surface area (Å²) in [6.07, 6.45) is 4.13. The number of carbonyl (C=O) groups is 2. The monoisotopic (exact) mass is 349 g/mol. The first-order valence-electron chi connectivity index (χ1n) is 9.01. The van der Waals surface area contributed by atoms with E-state index in [2.05, 4.69) is 6.92 Å². The van der Waals surface area contributed by atoms with Gasteiger partial charge in [-0.15, -0.1) is 0 Å². The van der Waals surface area contributed by atoms with Gasteiger partial charge in [-0.2, -0.15) is 0 Å². The first kappa shape index (κ1) is 19.1. The second kappa shape index (κ2) is 9.30. The number of carbonyl (C=O) groups excluding carboxylic acids is 1. The fourth-order valence-electron chi connectivity index (χ4n) is 2.95. The first-order chi connectivity index (χ1) is 12.1. The lowest BCUT2D eigenvalue weighted by atomic mass is 10.0. The molecule has 1 heterocycles. The number of carboxylic acids is 1. The minimum Gasteiger partial charge on any atom is -0.490 e. The van der Waals surface area contributed by atoms with Crippen LogP contribution in [0.5, 0.6) is 11.5 Å². The highest BCUT2D eigenvalue weighted by molar-refractivity contribution is 5.97. The van der Waals surface area contributed by atoms with Crippen molar-refractivity contribution in [1.29, 1.82) is 0 Å². The number of unbranched alkanes of at least 4 members (excludes halogenated alkanes) is 1. The minimum atomic E-state index is -0.947. The number of benzene rings is 1. The predicted molar refractivity (Wildman–Crippen MR) is 94.3 cm³/mol. The third kappa shape index (κ3) is 4.87. The van der Waals surface area contributed by atoms with Gasteiger partial charge in [-0.25, -0.2) is 4.79 Å². The zero-order valence-electron chi connectivity index (χ0n) is 15.0. The molecule has 0 saturated carbocycles. The van der Waals surface area contributed by atoms with E-state index in [1.807, 2.05) is 6.92 Å². The molecule has 1 aromatic rings. The molecule has 0 radical (unpaired) electrons. The van der Waals surface area contributed by atoms with Crippen LogP contribution in [0.15, 0.2) is 18.2 Å². The highest BCUT2D eigenvalue weighted by atomic mass is 16.5. The van der Waals surface area contributed by atoms with Gasteiger partial charge < -0.3 is 19.5 Å². The van der Waals surface area contributed by atoms with Crippen molar-refractivity contribution >= 4 is 11.9 Å². The Balaban J connectivity index is 2.20. The topological polar surface area (TPSA) is 76.1 Å². The number of aliphatic carboxylic acids is 1. The molecule has 25 heavy (non-hydrogen) atoms. The van der Waals surface area contributed by atoms with Crippen LogP contribution in [0.1, 0.15) is 56.3 Å². The van der Waals surface area contributed by atoms with Gasteiger partial charge >= 0.3 is 5.97 Å². The zero-order chi connectivity index (χ0) is 18.2. The molecular formula is C19H27NO5. The molecule has 1 aliphatic rings. The van der Waals surface area contributed by atoms with Gasteiger partial charge in [0.1, 0.15) is 6.04 Å². The number of hydrogen-bond donors (Lipinski definition) is 1. The van der Waals surface area contributed by atoms with Crippen LogP contribution in [-0.4, -0.2) is 47.7 Å². The largest absolute Gasteiger partial charge is 0.490 e. The van der Waals surface area contributed by atoms with Crippen LogP contribution < -0.4 is 9.47 Å². The molecule has 1 N–H and O–H groups in total. The molecule has 138 valence electrons. The Morgan fingerprint density at radius 1 is 1.20 bits per heavy atom. The SMILES string of the molecule is CCCCOc1ccc(C(=O)N2CCCC[C@@H]2C(=O)O)cc1OCC. The average molecular weight is 349 g/mol. The van der Waals surface area contributed by atoms with Gasteiger partial charge in [0.05, 0.1) is 13.2 Å². The van der Waals surface area contributed by atoms with E-state index in [1.54, 1.807) is 18.2 Å². The van der Waals surface area contributed by atoms with Crippen LogP contribution in [0.3, 0.4) is 0 Å². The highest BCUT2D eigenvalue weighted by Crippen LogP contribution is 2.30. The minimum absolute atomic E-state index is 0.270. The normalized spacial score (nSPS) is 17.2. The first-order valence-corrected chi connectivity index (χ1v) is 9.01. The van der Waals surface area contributed by atoms with Crippen LogP contribution >= 0.6 is 0 Å². The van der Waals surface area contributed by atoms with Crippen LogP contribution in [0, 0.1) is 0 Å². The summed E-state index contributed by atoms with van der Waals surface area (Å²) < 4.78 is 11.3. The van der Waals surface area contributed by atoms with Gasteiger partial charge in [0.2, 0.25) is 0 Å². The molecule has 1 saturated heterocycles. The fraction of sp³-hybridized carbons (Fsp3) is 0.579. The maximum Gasteiger partial charge on any atom is 0.326 e. The van der Waals surface area contributed by atoms with Crippen molar-refractivity contribution in [3.63, 3.8) is 0 Å². The summed E-state index contributed by atoms with van der Waals surface area (Å²) in [5.74, 6) is -0.0839. The van der Waals surface area contributed by atoms with Crippen molar-refractivity contribution in [3.05, 3.63) is 23.8 Å². The van der Waals surface area contributed by atoms with Crippen LogP contribution in [0.25, 0.3) is 0 Å². The van der Waals surface area contributed by atoms with Crippen LogP contribution in [-0.2, 0) is 4.79 Å². The fourth-order valence-corrected chi connectivity index (χ4v) is 2.95. The molecule has 1 atom stereocenters. The molecule has 0 aliphatic carbocycles. The molecule has 2 rings (SSSR count). The molecule has 6 heteroatoms. The van der Waals surface area contributed by atoms with Crippen LogP contribution in [0.4, 0.5) is 0 Å². The van der Waals surface area contributed by atoms with Crippen molar-refractivity contribution in [2.75, 3.05) is 19.8 Å². The third-order valence-electron chi connectivity index (χ3n) is 4.29. The highest BCUT2D eigenvalue weighted by Gasteiger charge is 2.32. The molecule has 1 amide bonds. The molecule has 0 bridgehead atoms. The number of ether oxygens (including phenoxy) is 2. The maximum absolute atomic E-state index is 12.8. The number of rotatable bonds is 8. The van der Waals surface area contributed by atoms with Gasteiger partial charge in [-0.05, 0) is 50.8 Å². The Labute approximate surface area is 148 Å². The molecular weight excluding hydrogens is 322 g/mol. The number of carboxylic acid groups (broad SMARTS) is 1. The molecule has 6 nitrogen and oxygen atoms in total. The summed E-state index contributed by atoms with van der Waals surface area (Å²) >= 11 is 0. The van der Waals surface area contributed by atoms with E-state index < -0.39 is 12.0 Å². The van der Waals surface area contributed by atoms with E-state index in [4.69, 9.17) is 9.47 Å². The lowest BCUT2D eigenvalue weighted by molar-refractivity contribution is -0.143. The maximum atomic E-state index is 12.8. The van der Waals surface area contributed by atoms with E-state index in [9.17, 15) is 14.7 Å². The second-order valence-electron chi connectivity index (χ2n) is 6.14. The number of nitrogens with zero attached hydrogens (tertiary/aromatic N) is 1. The molecule has 0 spiro atoms. The van der Waals surface area contributed by atoms with Crippen molar-refractivity contribution in [2.24, 2.45) is 0 Å². The zero-order valence-corrected chi connectivity index (χ0v) is 15.0. The Morgan fingerprint density at radius 3 is 2.68 bits per heavy atom. The van der Waals surface area contributed by atoms with Gasteiger partial charge in [0.15, 0.2) is 11.5 Å². The molecule has 1 fully saturated rings.